The zero-order valence-corrected chi connectivity index (χ0v) is 16.4. The van der Waals surface area contributed by atoms with E-state index in [1.165, 1.54) is 0 Å². The van der Waals surface area contributed by atoms with Crippen molar-refractivity contribution in [3.8, 4) is 34.1 Å². The number of methoxy groups -OCH3 is 1. The lowest BCUT2D eigenvalue weighted by Crippen LogP contribution is -1.99. The Balaban J connectivity index is 1.67. The predicted molar refractivity (Wildman–Crippen MR) is 119 cm³/mol. The number of aromatic hydroxyl groups is 1. The number of rotatable bonds is 6. The molecule has 0 unspecified atom stereocenters. The number of nitrogens with one attached hydrogen (secondary N) is 1. The van der Waals surface area contributed by atoms with Crippen LogP contribution >= 0.6 is 0 Å². The third-order valence-corrected chi connectivity index (χ3v) is 4.45. The van der Waals surface area contributed by atoms with Gasteiger partial charge in [0.05, 0.1) is 24.6 Å². The first kappa shape index (κ1) is 19.1. The first-order valence-corrected chi connectivity index (χ1v) is 9.39. The molecule has 0 fully saturated rings. The lowest BCUT2D eigenvalue weighted by Gasteiger charge is -2.09. The van der Waals surface area contributed by atoms with Gasteiger partial charge in [-0.05, 0) is 42.0 Å². The molecule has 148 valence electrons. The molecule has 0 atom stereocenters. The van der Waals surface area contributed by atoms with Crippen LogP contribution in [0.15, 0.2) is 90.0 Å². The number of phenolic OH excluding ortho intramolecular Hbond substituents is 1. The molecule has 6 nitrogen and oxygen atoms in total. The van der Waals surface area contributed by atoms with E-state index in [-0.39, 0.29) is 5.75 Å². The Morgan fingerprint density at radius 3 is 2.37 bits per heavy atom. The Morgan fingerprint density at radius 1 is 0.900 bits per heavy atom. The minimum absolute atomic E-state index is 0.121. The number of anilines is 1. The SMILES string of the molecule is COc1ccc(/C=N\Nc2cc(-c3ccccc3)nc(-c3ccccc3O)n2)cc1. The van der Waals surface area contributed by atoms with Crippen LogP contribution in [-0.2, 0) is 0 Å². The van der Waals surface area contributed by atoms with Crippen LogP contribution in [0.3, 0.4) is 0 Å². The van der Waals surface area contributed by atoms with Crippen molar-refractivity contribution in [2.45, 2.75) is 0 Å². The van der Waals surface area contributed by atoms with Crippen molar-refractivity contribution in [2.24, 2.45) is 5.10 Å². The maximum atomic E-state index is 10.2. The van der Waals surface area contributed by atoms with E-state index in [0.29, 0.717) is 17.2 Å². The van der Waals surface area contributed by atoms with Crippen LogP contribution in [-0.4, -0.2) is 28.4 Å². The molecule has 30 heavy (non-hydrogen) atoms. The first-order valence-electron chi connectivity index (χ1n) is 9.39. The molecule has 0 aliphatic heterocycles. The highest BCUT2D eigenvalue weighted by atomic mass is 16.5. The first-order chi connectivity index (χ1) is 14.7. The van der Waals surface area contributed by atoms with Gasteiger partial charge in [-0.3, -0.25) is 5.43 Å². The largest absolute Gasteiger partial charge is 0.507 e. The Hall–Kier alpha value is -4.19. The molecule has 0 bridgehead atoms. The highest BCUT2D eigenvalue weighted by Gasteiger charge is 2.11. The second-order valence-corrected chi connectivity index (χ2v) is 6.49. The van der Waals surface area contributed by atoms with E-state index in [0.717, 1.165) is 22.6 Å². The van der Waals surface area contributed by atoms with Crippen LogP contribution in [0.4, 0.5) is 5.82 Å². The second-order valence-electron chi connectivity index (χ2n) is 6.49. The van der Waals surface area contributed by atoms with E-state index in [4.69, 9.17) is 4.74 Å². The van der Waals surface area contributed by atoms with Gasteiger partial charge in [0.25, 0.3) is 0 Å². The number of benzene rings is 3. The maximum absolute atomic E-state index is 10.2. The average Bonchev–Trinajstić information content (AvgIpc) is 2.80. The number of para-hydroxylation sites is 1. The maximum Gasteiger partial charge on any atom is 0.165 e. The number of aromatic nitrogens is 2. The van der Waals surface area contributed by atoms with E-state index in [2.05, 4.69) is 20.5 Å². The molecule has 0 radical (unpaired) electrons. The highest BCUT2D eigenvalue weighted by molar-refractivity contribution is 5.80. The van der Waals surface area contributed by atoms with Crippen molar-refractivity contribution < 1.29 is 9.84 Å². The van der Waals surface area contributed by atoms with E-state index in [1.54, 1.807) is 31.5 Å². The Kier molecular flexibility index (Phi) is 5.66. The summed E-state index contributed by atoms with van der Waals surface area (Å²) < 4.78 is 5.17. The van der Waals surface area contributed by atoms with E-state index in [9.17, 15) is 5.11 Å². The molecular weight excluding hydrogens is 376 g/mol. The summed E-state index contributed by atoms with van der Waals surface area (Å²) in [6.45, 7) is 0. The molecule has 0 aliphatic carbocycles. The minimum Gasteiger partial charge on any atom is -0.507 e. The third kappa shape index (κ3) is 4.44. The predicted octanol–water partition coefficient (Wildman–Crippen LogP) is 4.97. The van der Waals surface area contributed by atoms with Crippen LogP contribution in [0, 0.1) is 0 Å². The summed E-state index contributed by atoms with van der Waals surface area (Å²) in [4.78, 5) is 9.18. The zero-order chi connectivity index (χ0) is 20.8. The molecule has 0 aliphatic rings. The van der Waals surface area contributed by atoms with E-state index >= 15 is 0 Å². The number of hydrogen-bond acceptors (Lipinski definition) is 6. The fraction of sp³-hybridized carbons (Fsp3) is 0.0417. The van der Waals surface area contributed by atoms with E-state index in [1.807, 2.05) is 66.7 Å². The Morgan fingerprint density at radius 2 is 1.63 bits per heavy atom. The lowest BCUT2D eigenvalue weighted by molar-refractivity contribution is 0.415. The van der Waals surface area contributed by atoms with Gasteiger partial charge < -0.3 is 9.84 Å². The normalized spacial score (nSPS) is 10.8. The fourth-order valence-electron chi connectivity index (χ4n) is 2.91. The van der Waals surface area contributed by atoms with Crippen LogP contribution in [0.1, 0.15) is 5.56 Å². The standard InChI is InChI=1S/C24H20N4O2/c1-30-19-13-11-17(12-14-19)16-25-28-23-15-21(18-7-3-2-4-8-18)26-24(27-23)20-9-5-6-10-22(20)29/h2-16,29H,1H3,(H,26,27,28)/b25-16-. The molecule has 0 amide bonds. The van der Waals surface area contributed by atoms with E-state index < -0.39 is 0 Å². The van der Waals surface area contributed by atoms with Crippen LogP contribution in [0.5, 0.6) is 11.5 Å². The Bertz CT molecular complexity index is 1160. The van der Waals surface area contributed by atoms with Gasteiger partial charge in [0, 0.05) is 11.6 Å². The van der Waals surface area contributed by atoms with Gasteiger partial charge in [-0.15, -0.1) is 0 Å². The fourth-order valence-corrected chi connectivity index (χ4v) is 2.91. The van der Waals surface area contributed by atoms with Crippen molar-refractivity contribution in [3.63, 3.8) is 0 Å². The summed E-state index contributed by atoms with van der Waals surface area (Å²) in [5.41, 5.74) is 6.11. The summed E-state index contributed by atoms with van der Waals surface area (Å²) in [7, 11) is 1.63. The topological polar surface area (TPSA) is 79.6 Å². The number of hydrogen-bond donors (Lipinski definition) is 2. The third-order valence-electron chi connectivity index (χ3n) is 4.45. The van der Waals surface area contributed by atoms with Crippen molar-refractivity contribution in [1.82, 2.24) is 9.97 Å². The van der Waals surface area contributed by atoms with Gasteiger partial charge >= 0.3 is 0 Å². The summed E-state index contributed by atoms with van der Waals surface area (Å²) >= 11 is 0. The number of ether oxygens (including phenoxy) is 1. The van der Waals surface area contributed by atoms with Gasteiger partial charge in [-0.1, -0.05) is 42.5 Å². The molecule has 4 aromatic rings. The molecule has 0 saturated heterocycles. The molecule has 2 N–H and O–H groups in total. The van der Waals surface area contributed by atoms with Gasteiger partial charge in [-0.25, -0.2) is 9.97 Å². The summed E-state index contributed by atoms with van der Waals surface area (Å²) in [5.74, 6) is 1.84. The molecular formula is C24H20N4O2. The van der Waals surface area contributed by atoms with Crippen LogP contribution in [0.2, 0.25) is 0 Å². The van der Waals surface area contributed by atoms with Gasteiger partial charge in [-0.2, -0.15) is 5.10 Å². The summed E-state index contributed by atoms with van der Waals surface area (Å²) in [5, 5.41) is 14.5. The van der Waals surface area contributed by atoms with Crippen LogP contribution in [0.25, 0.3) is 22.6 Å². The Labute approximate surface area is 174 Å². The molecule has 1 heterocycles. The molecule has 1 aromatic heterocycles. The van der Waals surface area contributed by atoms with Crippen molar-refractivity contribution in [2.75, 3.05) is 12.5 Å². The van der Waals surface area contributed by atoms with Crippen molar-refractivity contribution in [1.29, 1.82) is 0 Å². The lowest BCUT2D eigenvalue weighted by atomic mass is 10.1. The second kappa shape index (κ2) is 8.87. The molecule has 0 saturated carbocycles. The molecule has 0 spiro atoms. The van der Waals surface area contributed by atoms with Crippen molar-refractivity contribution in [3.05, 3.63) is 90.5 Å². The zero-order valence-electron chi connectivity index (χ0n) is 16.4. The number of phenols is 1. The van der Waals surface area contributed by atoms with Gasteiger partial charge in [0.1, 0.15) is 11.5 Å². The summed E-state index contributed by atoms with van der Waals surface area (Å²) in [6, 6.07) is 26.2. The van der Waals surface area contributed by atoms with Gasteiger partial charge in [0.2, 0.25) is 0 Å². The molecule has 4 rings (SSSR count). The minimum atomic E-state index is 0.121. The number of nitrogens with zero attached hydrogens (tertiary/aromatic N) is 3. The average molecular weight is 396 g/mol. The van der Waals surface area contributed by atoms with Crippen molar-refractivity contribution >= 4 is 12.0 Å². The molecule has 6 heteroatoms. The quantitative estimate of drug-likeness (QED) is 0.355. The van der Waals surface area contributed by atoms with Gasteiger partial charge in [0.15, 0.2) is 11.6 Å². The highest BCUT2D eigenvalue weighted by Crippen LogP contribution is 2.29. The number of hydrazone groups is 1. The summed E-state index contributed by atoms with van der Waals surface area (Å²) in [6.07, 6.45) is 1.70. The monoisotopic (exact) mass is 396 g/mol. The smallest absolute Gasteiger partial charge is 0.165 e. The van der Waals surface area contributed by atoms with Crippen LogP contribution < -0.4 is 10.2 Å². The molecule has 3 aromatic carbocycles.